The number of hydrogen-bond donors (Lipinski definition) is 1. The van der Waals surface area contributed by atoms with Gasteiger partial charge in [0.1, 0.15) is 0 Å². The van der Waals surface area contributed by atoms with E-state index >= 15 is 0 Å². The average molecular weight is 395 g/mol. The molecule has 1 aromatic heterocycles. The van der Waals surface area contributed by atoms with Crippen molar-refractivity contribution >= 4 is 17.7 Å². The summed E-state index contributed by atoms with van der Waals surface area (Å²) in [6, 6.07) is 16.3. The summed E-state index contributed by atoms with van der Waals surface area (Å²) in [7, 11) is 0. The Morgan fingerprint density at radius 1 is 1.11 bits per heavy atom. The van der Waals surface area contributed by atoms with E-state index in [4.69, 9.17) is 0 Å². The Morgan fingerprint density at radius 3 is 2.50 bits per heavy atom. The summed E-state index contributed by atoms with van der Waals surface area (Å²) >= 11 is 1.44. The molecule has 2 aromatic carbocycles. The van der Waals surface area contributed by atoms with Gasteiger partial charge in [-0.1, -0.05) is 65.9 Å². The summed E-state index contributed by atoms with van der Waals surface area (Å²) < 4.78 is 2.07. The molecule has 0 saturated heterocycles. The van der Waals surface area contributed by atoms with Crippen molar-refractivity contribution < 1.29 is 4.79 Å². The number of aromatic nitrogens is 3. The van der Waals surface area contributed by atoms with Crippen molar-refractivity contribution in [3.05, 3.63) is 65.2 Å². The van der Waals surface area contributed by atoms with Gasteiger partial charge in [0.25, 0.3) is 0 Å². The quantitative estimate of drug-likeness (QED) is 0.604. The third-order valence-corrected chi connectivity index (χ3v) is 5.74. The maximum absolute atomic E-state index is 12.5. The van der Waals surface area contributed by atoms with E-state index in [1.54, 1.807) is 0 Å². The molecule has 0 saturated carbocycles. The molecule has 1 heterocycles. The number of hydrogen-bond acceptors (Lipinski definition) is 4. The van der Waals surface area contributed by atoms with Crippen molar-refractivity contribution in [1.82, 2.24) is 20.1 Å². The van der Waals surface area contributed by atoms with Crippen LogP contribution < -0.4 is 5.32 Å². The van der Waals surface area contributed by atoms with Crippen LogP contribution in [0, 0.1) is 13.8 Å². The van der Waals surface area contributed by atoms with Crippen LogP contribution >= 0.6 is 11.8 Å². The third-order valence-electron chi connectivity index (χ3n) is 4.66. The van der Waals surface area contributed by atoms with Crippen LogP contribution in [0.1, 0.15) is 30.5 Å². The Bertz CT molecular complexity index is 949. The van der Waals surface area contributed by atoms with E-state index in [0.29, 0.717) is 6.54 Å². The Balaban J connectivity index is 1.68. The van der Waals surface area contributed by atoms with Gasteiger partial charge in [0.05, 0.1) is 5.25 Å². The maximum Gasteiger partial charge on any atom is 0.233 e. The third kappa shape index (κ3) is 4.62. The monoisotopic (exact) mass is 394 g/mol. The summed E-state index contributed by atoms with van der Waals surface area (Å²) in [4.78, 5) is 12.5. The van der Waals surface area contributed by atoms with Crippen molar-refractivity contribution in [2.24, 2.45) is 0 Å². The van der Waals surface area contributed by atoms with Crippen molar-refractivity contribution in [2.75, 3.05) is 0 Å². The number of thioether (sulfide) groups is 1. The van der Waals surface area contributed by atoms with Crippen LogP contribution in [0.5, 0.6) is 0 Å². The highest BCUT2D eigenvalue weighted by Gasteiger charge is 2.20. The van der Waals surface area contributed by atoms with Crippen LogP contribution in [0.3, 0.4) is 0 Å². The number of benzene rings is 2. The fourth-order valence-corrected chi connectivity index (χ4v) is 3.87. The zero-order valence-electron chi connectivity index (χ0n) is 16.8. The molecule has 0 bridgehead atoms. The van der Waals surface area contributed by atoms with Crippen molar-refractivity contribution in [3.8, 4) is 11.4 Å². The van der Waals surface area contributed by atoms with Gasteiger partial charge in [-0.25, -0.2) is 0 Å². The van der Waals surface area contributed by atoms with Crippen LogP contribution in [-0.2, 0) is 17.9 Å². The minimum atomic E-state index is -0.260. The highest BCUT2D eigenvalue weighted by molar-refractivity contribution is 8.00. The normalized spacial score (nSPS) is 12.0. The van der Waals surface area contributed by atoms with E-state index in [1.807, 2.05) is 31.2 Å². The zero-order chi connectivity index (χ0) is 20.1. The standard InChI is InChI=1S/C22H26N4OS/c1-5-26-20(19-9-7-6-8-16(19)3)24-25-22(26)28-17(4)21(27)23-14-18-12-10-15(2)11-13-18/h6-13,17H,5,14H2,1-4H3,(H,23,27)/t17-/m0/s1. The van der Waals surface area contributed by atoms with Gasteiger partial charge >= 0.3 is 0 Å². The Hall–Kier alpha value is -2.60. The Morgan fingerprint density at radius 2 is 1.82 bits per heavy atom. The number of nitrogens with zero attached hydrogens (tertiary/aromatic N) is 3. The molecule has 146 valence electrons. The highest BCUT2D eigenvalue weighted by Crippen LogP contribution is 2.28. The molecule has 1 N–H and O–H groups in total. The molecule has 1 amide bonds. The summed E-state index contributed by atoms with van der Waals surface area (Å²) in [5, 5.41) is 12.3. The topological polar surface area (TPSA) is 59.8 Å². The van der Waals surface area contributed by atoms with E-state index in [-0.39, 0.29) is 11.2 Å². The number of aryl methyl sites for hydroxylation is 2. The molecule has 1 atom stereocenters. The molecule has 6 heteroatoms. The van der Waals surface area contributed by atoms with Gasteiger partial charge in [0.2, 0.25) is 5.91 Å². The molecule has 3 aromatic rings. The van der Waals surface area contributed by atoms with Gasteiger partial charge in [0.15, 0.2) is 11.0 Å². The SMILES string of the molecule is CCn1c(S[C@@H](C)C(=O)NCc2ccc(C)cc2)nnc1-c1ccccc1C. The summed E-state index contributed by atoms with van der Waals surface area (Å²) in [6.45, 7) is 9.36. The molecule has 0 radical (unpaired) electrons. The first kappa shape index (κ1) is 20.1. The van der Waals surface area contributed by atoms with E-state index < -0.39 is 0 Å². The molecule has 0 aliphatic heterocycles. The van der Waals surface area contributed by atoms with Crippen LogP contribution in [0.15, 0.2) is 53.7 Å². The van der Waals surface area contributed by atoms with Crippen LogP contribution in [0.4, 0.5) is 0 Å². The van der Waals surface area contributed by atoms with Gasteiger partial charge in [-0.3, -0.25) is 4.79 Å². The Kier molecular flexibility index (Phi) is 6.52. The van der Waals surface area contributed by atoms with Gasteiger partial charge in [-0.2, -0.15) is 0 Å². The maximum atomic E-state index is 12.5. The molecular formula is C22H26N4OS. The smallest absolute Gasteiger partial charge is 0.233 e. The van der Waals surface area contributed by atoms with Gasteiger partial charge in [-0.05, 0) is 38.8 Å². The molecule has 0 unspecified atom stereocenters. The van der Waals surface area contributed by atoms with Gasteiger partial charge in [-0.15, -0.1) is 10.2 Å². The zero-order valence-corrected chi connectivity index (χ0v) is 17.6. The summed E-state index contributed by atoms with van der Waals surface area (Å²) in [5.74, 6) is 0.837. The molecule has 3 rings (SSSR count). The van der Waals surface area contributed by atoms with Crippen LogP contribution in [-0.4, -0.2) is 25.9 Å². The van der Waals surface area contributed by atoms with Crippen molar-refractivity contribution in [1.29, 1.82) is 0 Å². The fraction of sp³-hybridized carbons (Fsp3) is 0.318. The first-order valence-corrected chi connectivity index (χ1v) is 10.4. The minimum absolute atomic E-state index is 0.00586. The Labute approximate surface area is 170 Å². The number of amides is 1. The largest absolute Gasteiger partial charge is 0.351 e. The first-order valence-electron chi connectivity index (χ1n) is 9.48. The van der Waals surface area contributed by atoms with E-state index in [9.17, 15) is 4.79 Å². The van der Waals surface area contributed by atoms with E-state index in [0.717, 1.165) is 34.2 Å². The molecule has 0 aliphatic carbocycles. The minimum Gasteiger partial charge on any atom is -0.351 e. The lowest BCUT2D eigenvalue weighted by atomic mass is 10.1. The molecule has 0 aliphatic rings. The summed E-state index contributed by atoms with van der Waals surface area (Å²) in [5.41, 5.74) is 4.53. The number of rotatable bonds is 7. The van der Waals surface area contributed by atoms with Crippen LogP contribution in [0.2, 0.25) is 0 Å². The fourth-order valence-electron chi connectivity index (χ4n) is 2.93. The van der Waals surface area contributed by atoms with Gasteiger partial charge in [0, 0.05) is 18.7 Å². The number of carbonyl (C=O) groups is 1. The second-order valence-corrected chi connectivity index (χ2v) is 8.14. The van der Waals surface area contributed by atoms with Crippen molar-refractivity contribution in [2.45, 2.75) is 51.2 Å². The second-order valence-electron chi connectivity index (χ2n) is 6.83. The molecule has 0 fully saturated rings. The van der Waals surface area contributed by atoms with Crippen molar-refractivity contribution in [3.63, 3.8) is 0 Å². The molecule has 5 nitrogen and oxygen atoms in total. The number of carbonyl (C=O) groups excluding carboxylic acids is 1. The lowest BCUT2D eigenvalue weighted by molar-refractivity contribution is -0.120. The summed E-state index contributed by atoms with van der Waals surface area (Å²) in [6.07, 6.45) is 0. The van der Waals surface area contributed by atoms with E-state index in [1.165, 1.54) is 17.3 Å². The first-order chi connectivity index (χ1) is 13.5. The predicted octanol–water partition coefficient (Wildman–Crippen LogP) is 4.38. The number of nitrogens with one attached hydrogen (secondary N) is 1. The van der Waals surface area contributed by atoms with Crippen LogP contribution in [0.25, 0.3) is 11.4 Å². The average Bonchev–Trinajstić information content (AvgIpc) is 3.09. The second kappa shape index (κ2) is 9.06. The lowest BCUT2D eigenvalue weighted by Crippen LogP contribution is -2.30. The molecular weight excluding hydrogens is 368 g/mol. The predicted molar refractivity (Wildman–Crippen MR) is 114 cm³/mol. The van der Waals surface area contributed by atoms with E-state index in [2.05, 4.69) is 65.1 Å². The molecule has 28 heavy (non-hydrogen) atoms. The highest BCUT2D eigenvalue weighted by atomic mass is 32.2. The lowest BCUT2D eigenvalue weighted by Gasteiger charge is -2.13. The molecule has 0 spiro atoms. The van der Waals surface area contributed by atoms with Gasteiger partial charge < -0.3 is 9.88 Å².